The number of rotatable bonds is 3. The van der Waals surface area contributed by atoms with Crippen LogP contribution in [0, 0.1) is 5.82 Å². The fourth-order valence-corrected chi connectivity index (χ4v) is 4.26. The Bertz CT molecular complexity index is 981. The highest BCUT2D eigenvalue weighted by Crippen LogP contribution is 2.27. The molecule has 0 saturated carbocycles. The minimum absolute atomic E-state index is 0.111. The SMILES string of the molecule is O=C(/C=C/c1cc(Br)ccc1F)N1CCN(c2nc3cccnc3s2)CC1. The maximum Gasteiger partial charge on any atom is 0.246 e. The summed E-state index contributed by atoms with van der Waals surface area (Å²) in [5, 5.41) is 0.933. The molecule has 138 valence electrons. The van der Waals surface area contributed by atoms with Gasteiger partial charge in [-0.1, -0.05) is 27.3 Å². The largest absolute Gasteiger partial charge is 0.344 e. The number of nitrogens with zero attached hydrogens (tertiary/aromatic N) is 4. The van der Waals surface area contributed by atoms with Gasteiger partial charge in [-0.15, -0.1) is 0 Å². The van der Waals surface area contributed by atoms with Gasteiger partial charge in [0.15, 0.2) is 5.13 Å². The molecule has 1 aliphatic rings. The normalized spacial score (nSPS) is 15.0. The summed E-state index contributed by atoms with van der Waals surface area (Å²) < 4.78 is 14.5. The lowest BCUT2D eigenvalue weighted by molar-refractivity contribution is -0.126. The third-order valence-corrected chi connectivity index (χ3v) is 5.91. The molecule has 1 amide bonds. The molecule has 0 bridgehead atoms. The number of carbonyl (C=O) groups excluding carboxylic acids is 1. The molecule has 0 atom stereocenters. The van der Waals surface area contributed by atoms with Crippen LogP contribution < -0.4 is 4.90 Å². The Labute approximate surface area is 168 Å². The van der Waals surface area contributed by atoms with E-state index in [0.717, 1.165) is 20.0 Å². The first kappa shape index (κ1) is 18.1. The molecule has 4 rings (SSSR count). The predicted octanol–water partition coefficient (Wildman–Crippen LogP) is 3.95. The molecule has 0 spiro atoms. The number of amides is 1. The number of benzene rings is 1. The zero-order valence-electron chi connectivity index (χ0n) is 14.3. The molecule has 1 aromatic carbocycles. The van der Waals surface area contributed by atoms with Gasteiger partial charge in [-0.3, -0.25) is 4.79 Å². The summed E-state index contributed by atoms with van der Waals surface area (Å²) in [4.78, 5) is 26.2. The van der Waals surface area contributed by atoms with E-state index in [9.17, 15) is 9.18 Å². The molecule has 0 radical (unpaired) electrons. The molecule has 2 aromatic heterocycles. The van der Waals surface area contributed by atoms with Crippen molar-refractivity contribution in [3.8, 4) is 0 Å². The van der Waals surface area contributed by atoms with Crippen molar-refractivity contribution < 1.29 is 9.18 Å². The van der Waals surface area contributed by atoms with Crippen molar-refractivity contribution in [2.75, 3.05) is 31.1 Å². The van der Waals surface area contributed by atoms with Crippen molar-refractivity contribution in [2.45, 2.75) is 0 Å². The van der Waals surface area contributed by atoms with Crippen molar-refractivity contribution in [1.82, 2.24) is 14.9 Å². The van der Waals surface area contributed by atoms with Gasteiger partial charge in [0.25, 0.3) is 0 Å². The molecule has 3 aromatic rings. The van der Waals surface area contributed by atoms with Crippen LogP contribution in [0.3, 0.4) is 0 Å². The zero-order chi connectivity index (χ0) is 18.8. The van der Waals surface area contributed by atoms with Gasteiger partial charge >= 0.3 is 0 Å². The van der Waals surface area contributed by atoms with Crippen LogP contribution in [0.2, 0.25) is 0 Å². The summed E-state index contributed by atoms with van der Waals surface area (Å²) in [6.07, 6.45) is 4.72. The van der Waals surface area contributed by atoms with Gasteiger partial charge in [0.1, 0.15) is 16.2 Å². The van der Waals surface area contributed by atoms with Crippen LogP contribution in [0.5, 0.6) is 0 Å². The number of fused-ring (bicyclic) bond motifs is 1. The standard InChI is InChI=1S/C19H16BrFN4OS/c20-14-4-5-15(21)13(12-14)3-6-17(26)24-8-10-25(11-9-24)19-23-16-2-1-7-22-18(16)27-19/h1-7,12H,8-11H2/b6-3+. The molecule has 5 nitrogen and oxygen atoms in total. The maximum atomic E-state index is 13.8. The third kappa shape index (κ3) is 4.01. The van der Waals surface area contributed by atoms with Crippen LogP contribution in [0.25, 0.3) is 16.4 Å². The van der Waals surface area contributed by atoms with E-state index < -0.39 is 0 Å². The fraction of sp³-hybridized carbons (Fsp3) is 0.211. The van der Waals surface area contributed by atoms with Gasteiger partial charge in [0.2, 0.25) is 5.91 Å². The number of pyridine rings is 1. The number of hydrogen-bond acceptors (Lipinski definition) is 5. The topological polar surface area (TPSA) is 49.3 Å². The monoisotopic (exact) mass is 446 g/mol. The zero-order valence-corrected chi connectivity index (χ0v) is 16.7. The summed E-state index contributed by atoms with van der Waals surface area (Å²) in [5.41, 5.74) is 1.29. The van der Waals surface area contributed by atoms with E-state index in [1.54, 1.807) is 34.6 Å². The summed E-state index contributed by atoms with van der Waals surface area (Å²) in [6.45, 7) is 2.64. The fourth-order valence-electron chi connectivity index (χ4n) is 2.92. The van der Waals surface area contributed by atoms with Gasteiger partial charge < -0.3 is 9.80 Å². The van der Waals surface area contributed by atoms with Gasteiger partial charge in [-0.05, 0) is 36.4 Å². The number of anilines is 1. The van der Waals surface area contributed by atoms with E-state index in [0.29, 0.717) is 31.7 Å². The predicted molar refractivity (Wildman–Crippen MR) is 109 cm³/mol. The Morgan fingerprint density at radius 2 is 2.04 bits per heavy atom. The molecule has 27 heavy (non-hydrogen) atoms. The van der Waals surface area contributed by atoms with Crippen LogP contribution in [0.15, 0.2) is 47.1 Å². The number of halogens is 2. The Hall–Kier alpha value is -2.32. The van der Waals surface area contributed by atoms with Gasteiger partial charge in [-0.25, -0.2) is 14.4 Å². The Balaban J connectivity index is 1.39. The third-order valence-electron chi connectivity index (χ3n) is 4.38. The maximum absolute atomic E-state index is 13.8. The van der Waals surface area contributed by atoms with Gasteiger partial charge in [0, 0.05) is 48.5 Å². The first-order chi connectivity index (χ1) is 13.1. The average molecular weight is 447 g/mol. The highest BCUT2D eigenvalue weighted by Gasteiger charge is 2.22. The summed E-state index contributed by atoms with van der Waals surface area (Å²) >= 11 is 4.87. The molecule has 0 unspecified atom stereocenters. The molecular weight excluding hydrogens is 431 g/mol. The average Bonchev–Trinajstić information content (AvgIpc) is 3.13. The van der Waals surface area contributed by atoms with E-state index >= 15 is 0 Å². The van der Waals surface area contributed by atoms with E-state index in [-0.39, 0.29) is 11.7 Å². The second-order valence-corrected chi connectivity index (χ2v) is 8.01. The summed E-state index contributed by atoms with van der Waals surface area (Å²) in [5.74, 6) is -0.462. The molecule has 1 fully saturated rings. The Morgan fingerprint density at radius 1 is 1.22 bits per heavy atom. The van der Waals surface area contributed by atoms with Crippen LogP contribution >= 0.6 is 27.3 Å². The van der Waals surface area contributed by atoms with Gasteiger partial charge in [-0.2, -0.15) is 0 Å². The second-order valence-electron chi connectivity index (χ2n) is 6.14. The first-order valence-electron chi connectivity index (χ1n) is 8.49. The highest BCUT2D eigenvalue weighted by atomic mass is 79.9. The molecule has 0 N–H and O–H groups in total. The van der Waals surface area contributed by atoms with Crippen molar-refractivity contribution in [1.29, 1.82) is 0 Å². The van der Waals surface area contributed by atoms with Crippen LogP contribution in [-0.2, 0) is 4.79 Å². The molecule has 8 heteroatoms. The number of thiazole rings is 1. The van der Waals surface area contributed by atoms with Crippen LogP contribution in [0.4, 0.5) is 9.52 Å². The number of hydrogen-bond donors (Lipinski definition) is 0. The number of aromatic nitrogens is 2. The minimum Gasteiger partial charge on any atom is -0.344 e. The molecule has 1 aliphatic heterocycles. The lowest BCUT2D eigenvalue weighted by atomic mass is 10.2. The molecule has 3 heterocycles. The van der Waals surface area contributed by atoms with E-state index in [1.165, 1.54) is 18.2 Å². The Kier molecular flexibility index (Phi) is 5.18. The van der Waals surface area contributed by atoms with E-state index in [4.69, 9.17) is 0 Å². The highest BCUT2D eigenvalue weighted by molar-refractivity contribution is 9.10. The van der Waals surface area contributed by atoms with E-state index in [2.05, 4.69) is 30.8 Å². The lowest BCUT2D eigenvalue weighted by Gasteiger charge is -2.34. The van der Waals surface area contributed by atoms with Gasteiger partial charge in [0.05, 0.1) is 0 Å². The summed E-state index contributed by atoms with van der Waals surface area (Å²) in [6, 6.07) is 8.49. The van der Waals surface area contributed by atoms with Crippen LogP contribution in [-0.4, -0.2) is 47.0 Å². The second kappa shape index (κ2) is 7.74. The molecule has 0 aliphatic carbocycles. The van der Waals surface area contributed by atoms with Crippen LogP contribution in [0.1, 0.15) is 5.56 Å². The molecule has 1 saturated heterocycles. The van der Waals surface area contributed by atoms with Crippen molar-refractivity contribution in [3.05, 3.63) is 58.5 Å². The summed E-state index contributed by atoms with van der Waals surface area (Å²) in [7, 11) is 0. The van der Waals surface area contributed by atoms with Crippen molar-refractivity contribution in [3.63, 3.8) is 0 Å². The smallest absolute Gasteiger partial charge is 0.246 e. The van der Waals surface area contributed by atoms with Crippen molar-refractivity contribution >= 4 is 54.7 Å². The lowest BCUT2D eigenvalue weighted by Crippen LogP contribution is -2.48. The van der Waals surface area contributed by atoms with Crippen molar-refractivity contribution in [2.24, 2.45) is 0 Å². The minimum atomic E-state index is -0.350. The first-order valence-corrected chi connectivity index (χ1v) is 10.1. The number of carbonyl (C=O) groups is 1. The quantitative estimate of drug-likeness (QED) is 0.571. The Morgan fingerprint density at radius 3 is 2.81 bits per heavy atom. The number of piperazine rings is 1. The molecular formula is C19H16BrFN4OS. The van der Waals surface area contributed by atoms with E-state index in [1.807, 2.05) is 12.1 Å².